The van der Waals surface area contributed by atoms with Gasteiger partial charge in [-0.1, -0.05) is 19.0 Å². The van der Waals surface area contributed by atoms with Crippen LogP contribution in [-0.2, 0) is 12.0 Å². The van der Waals surface area contributed by atoms with E-state index in [1.54, 1.807) is 0 Å². The maximum atomic E-state index is 5.92. The van der Waals surface area contributed by atoms with Gasteiger partial charge >= 0.3 is 0 Å². The van der Waals surface area contributed by atoms with Gasteiger partial charge in [-0.2, -0.15) is 4.98 Å². The summed E-state index contributed by atoms with van der Waals surface area (Å²) in [6, 6.07) is 0. The summed E-state index contributed by atoms with van der Waals surface area (Å²) in [5.41, 5.74) is 5.46. The van der Waals surface area contributed by atoms with Crippen LogP contribution in [0.5, 0.6) is 0 Å². The molecule has 1 rings (SSSR count). The van der Waals surface area contributed by atoms with Crippen molar-refractivity contribution in [2.75, 3.05) is 0 Å². The maximum Gasteiger partial charge on any atom is 0.226 e. The molecule has 0 aliphatic heterocycles. The molecule has 1 aromatic rings. The highest BCUT2D eigenvalue weighted by Gasteiger charge is 2.24. The van der Waals surface area contributed by atoms with Crippen molar-refractivity contribution in [1.82, 2.24) is 10.1 Å². The Bertz CT molecular complexity index is 255. The topological polar surface area (TPSA) is 64.9 Å². The lowest BCUT2D eigenvalue weighted by molar-refractivity contribution is 0.354. The largest absolute Gasteiger partial charge is 0.339 e. The normalized spacial score (nSPS) is 16.0. The fourth-order valence-corrected chi connectivity index (χ4v) is 0.789. The van der Waals surface area contributed by atoms with E-state index in [2.05, 4.69) is 10.1 Å². The Morgan fingerprint density at radius 1 is 1.50 bits per heavy atom. The van der Waals surface area contributed by atoms with Crippen LogP contribution in [0.1, 0.15) is 38.9 Å². The van der Waals surface area contributed by atoms with E-state index >= 15 is 0 Å². The lowest BCUT2D eigenvalue weighted by Crippen LogP contribution is -2.33. The van der Waals surface area contributed by atoms with E-state index in [-0.39, 0.29) is 0 Å². The Balaban J connectivity index is 2.88. The molecule has 68 valence electrons. The second-order valence-electron chi connectivity index (χ2n) is 3.14. The van der Waals surface area contributed by atoms with Crippen LogP contribution in [-0.4, -0.2) is 10.1 Å². The Morgan fingerprint density at radius 2 is 2.17 bits per heavy atom. The van der Waals surface area contributed by atoms with Crippen molar-refractivity contribution < 1.29 is 4.52 Å². The average Bonchev–Trinajstić information content (AvgIpc) is 2.52. The molecule has 0 bridgehead atoms. The van der Waals surface area contributed by atoms with Gasteiger partial charge in [0.15, 0.2) is 5.82 Å². The first-order valence-corrected chi connectivity index (χ1v) is 4.22. The molecule has 0 spiro atoms. The number of nitrogens with two attached hydrogens (primary N) is 1. The minimum Gasteiger partial charge on any atom is -0.339 e. The van der Waals surface area contributed by atoms with E-state index in [0.717, 1.165) is 12.8 Å². The molecule has 1 aromatic heterocycles. The maximum absolute atomic E-state index is 5.92. The third-order valence-corrected chi connectivity index (χ3v) is 2.02. The molecule has 1 heterocycles. The predicted molar refractivity (Wildman–Crippen MR) is 45.5 cm³/mol. The second kappa shape index (κ2) is 3.23. The van der Waals surface area contributed by atoms with Crippen LogP contribution < -0.4 is 5.73 Å². The Labute approximate surface area is 72.1 Å². The van der Waals surface area contributed by atoms with Gasteiger partial charge in [0.1, 0.15) is 0 Å². The van der Waals surface area contributed by atoms with Crippen LogP contribution in [0.3, 0.4) is 0 Å². The molecule has 0 radical (unpaired) electrons. The van der Waals surface area contributed by atoms with E-state index < -0.39 is 5.54 Å². The number of hydrogen-bond acceptors (Lipinski definition) is 4. The summed E-state index contributed by atoms with van der Waals surface area (Å²) in [5, 5.41) is 3.82. The highest BCUT2D eigenvalue weighted by molar-refractivity contribution is 5.00. The minimum absolute atomic E-state index is 0.461. The molecular weight excluding hydrogens is 154 g/mol. The van der Waals surface area contributed by atoms with Crippen molar-refractivity contribution in [3.8, 4) is 0 Å². The van der Waals surface area contributed by atoms with Crippen LogP contribution in [0.25, 0.3) is 0 Å². The number of rotatable bonds is 3. The van der Waals surface area contributed by atoms with Crippen LogP contribution in [0, 0.1) is 0 Å². The average molecular weight is 169 g/mol. The molecule has 0 saturated heterocycles. The first-order valence-electron chi connectivity index (χ1n) is 4.22. The van der Waals surface area contributed by atoms with Gasteiger partial charge in [0, 0.05) is 6.42 Å². The summed E-state index contributed by atoms with van der Waals surface area (Å²) < 4.78 is 4.96. The Kier molecular flexibility index (Phi) is 2.47. The molecule has 4 heteroatoms. The Morgan fingerprint density at radius 3 is 2.58 bits per heavy atom. The van der Waals surface area contributed by atoms with Gasteiger partial charge in [0.05, 0.1) is 5.54 Å². The van der Waals surface area contributed by atoms with Crippen LogP contribution in [0.4, 0.5) is 0 Å². The lowest BCUT2D eigenvalue weighted by Gasteiger charge is -2.16. The van der Waals surface area contributed by atoms with Gasteiger partial charge in [0.2, 0.25) is 5.89 Å². The second-order valence-corrected chi connectivity index (χ2v) is 3.14. The molecule has 0 saturated carbocycles. The molecule has 4 nitrogen and oxygen atoms in total. The van der Waals surface area contributed by atoms with Gasteiger partial charge in [-0.25, -0.2) is 0 Å². The van der Waals surface area contributed by atoms with Crippen LogP contribution in [0.15, 0.2) is 4.52 Å². The quantitative estimate of drug-likeness (QED) is 0.738. The van der Waals surface area contributed by atoms with E-state index in [4.69, 9.17) is 10.3 Å². The number of aryl methyl sites for hydroxylation is 1. The molecular formula is C8H15N3O. The fraction of sp³-hybridized carbons (Fsp3) is 0.750. The van der Waals surface area contributed by atoms with E-state index in [1.807, 2.05) is 20.8 Å². The van der Waals surface area contributed by atoms with Crippen molar-refractivity contribution in [3.05, 3.63) is 11.7 Å². The number of hydrogen-bond donors (Lipinski definition) is 1. The number of nitrogens with zero attached hydrogens (tertiary/aromatic N) is 2. The standard InChI is InChI=1S/C8H15N3O/c1-4-6-10-7(11-12-6)8(3,9)5-2/h4-5,9H2,1-3H3. The third-order valence-electron chi connectivity index (χ3n) is 2.02. The first-order chi connectivity index (χ1) is 5.60. The highest BCUT2D eigenvalue weighted by Crippen LogP contribution is 2.17. The zero-order valence-corrected chi connectivity index (χ0v) is 7.79. The van der Waals surface area contributed by atoms with Crippen molar-refractivity contribution in [3.63, 3.8) is 0 Å². The highest BCUT2D eigenvalue weighted by atomic mass is 16.5. The zero-order chi connectivity index (χ0) is 9.19. The summed E-state index contributed by atoms with van der Waals surface area (Å²) in [4.78, 5) is 4.17. The first kappa shape index (κ1) is 9.19. The fourth-order valence-electron chi connectivity index (χ4n) is 0.789. The summed E-state index contributed by atoms with van der Waals surface area (Å²) >= 11 is 0. The third kappa shape index (κ3) is 1.64. The van der Waals surface area contributed by atoms with Gasteiger partial charge in [-0.3, -0.25) is 0 Å². The molecule has 1 unspecified atom stereocenters. The van der Waals surface area contributed by atoms with Gasteiger partial charge in [-0.15, -0.1) is 0 Å². The molecule has 2 N–H and O–H groups in total. The summed E-state index contributed by atoms with van der Waals surface area (Å²) in [5.74, 6) is 1.25. The Hall–Kier alpha value is -0.900. The van der Waals surface area contributed by atoms with Crippen molar-refractivity contribution in [2.45, 2.75) is 39.2 Å². The minimum atomic E-state index is -0.461. The monoisotopic (exact) mass is 169 g/mol. The molecule has 1 atom stereocenters. The number of aromatic nitrogens is 2. The van der Waals surface area contributed by atoms with E-state index in [0.29, 0.717) is 11.7 Å². The molecule has 0 aromatic carbocycles. The van der Waals surface area contributed by atoms with Crippen molar-refractivity contribution in [1.29, 1.82) is 0 Å². The van der Waals surface area contributed by atoms with Crippen LogP contribution >= 0.6 is 0 Å². The van der Waals surface area contributed by atoms with Crippen LogP contribution in [0.2, 0.25) is 0 Å². The van der Waals surface area contributed by atoms with Crippen molar-refractivity contribution >= 4 is 0 Å². The molecule has 0 aliphatic carbocycles. The lowest BCUT2D eigenvalue weighted by atomic mass is 10.0. The molecule has 0 fully saturated rings. The summed E-state index contributed by atoms with van der Waals surface area (Å²) in [6.45, 7) is 5.87. The van der Waals surface area contributed by atoms with Gasteiger partial charge in [0.25, 0.3) is 0 Å². The van der Waals surface area contributed by atoms with Crippen molar-refractivity contribution in [2.24, 2.45) is 5.73 Å². The smallest absolute Gasteiger partial charge is 0.226 e. The van der Waals surface area contributed by atoms with Gasteiger partial charge in [-0.05, 0) is 13.3 Å². The van der Waals surface area contributed by atoms with Gasteiger partial charge < -0.3 is 10.3 Å². The summed E-state index contributed by atoms with van der Waals surface area (Å²) in [6.07, 6.45) is 1.56. The van der Waals surface area contributed by atoms with E-state index in [9.17, 15) is 0 Å². The predicted octanol–water partition coefficient (Wildman–Crippen LogP) is 1.22. The zero-order valence-electron chi connectivity index (χ0n) is 7.79. The molecule has 0 amide bonds. The summed E-state index contributed by atoms with van der Waals surface area (Å²) in [7, 11) is 0. The SMILES string of the molecule is CCc1nc(C(C)(N)CC)no1. The van der Waals surface area contributed by atoms with E-state index in [1.165, 1.54) is 0 Å². The molecule has 0 aliphatic rings. The molecule has 12 heavy (non-hydrogen) atoms.